The van der Waals surface area contributed by atoms with E-state index in [4.69, 9.17) is 0 Å². The smallest absolute Gasteiger partial charge is 0.148 e. The fraction of sp³-hybridized carbons (Fsp3) is 0.727. The molecule has 1 aliphatic carbocycles. The molecule has 78 valence electrons. The van der Waals surface area contributed by atoms with Crippen LogP contribution in [0.1, 0.15) is 31.9 Å². The molecular weight excluding hydrogens is 174 g/mol. The van der Waals surface area contributed by atoms with Gasteiger partial charge in [-0.05, 0) is 32.1 Å². The first kappa shape index (κ1) is 9.56. The Morgan fingerprint density at radius 2 is 2.29 bits per heavy atom. The van der Waals surface area contributed by atoms with Crippen LogP contribution in [0.2, 0.25) is 0 Å². The average Bonchev–Trinajstić information content (AvgIpc) is 2.62. The highest BCUT2D eigenvalue weighted by atomic mass is 15.3. The predicted octanol–water partition coefficient (Wildman–Crippen LogP) is 2.33. The van der Waals surface area contributed by atoms with Crippen molar-refractivity contribution in [2.45, 2.75) is 39.2 Å². The normalized spacial score (nSPS) is 26.8. The van der Waals surface area contributed by atoms with Crippen molar-refractivity contribution in [3.05, 3.63) is 11.8 Å². The zero-order chi connectivity index (χ0) is 10.1. The van der Waals surface area contributed by atoms with Crippen LogP contribution in [0.4, 0.5) is 5.82 Å². The number of nitrogens with zero attached hydrogens (tertiary/aromatic N) is 2. The second kappa shape index (κ2) is 3.64. The van der Waals surface area contributed by atoms with Crippen LogP contribution in [-0.4, -0.2) is 15.8 Å². The number of hydrogen-bond acceptors (Lipinski definition) is 2. The van der Waals surface area contributed by atoms with Gasteiger partial charge in [0.15, 0.2) is 0 Å². The van der Waals surface area contributed by atoms with Crippen LogP contribution in [0, 0.1) is 12.8 Å². The van der Waals surface area contributed by atoms with Gasteiger partial charge in [-0.1, -0.05) is 6.92 Å². The maximum absolute atomic E-state index is 4.40. The first-order valence-corrected chi connectivity index (χ1v) is 5.42. The summed E-state index contributed by atoms with van der Waals surface area (Å²) in [6.07, 6.45) is 3.93. The second-order valence-electron chi connectivity index (χ2n) is 4.55. The summed E-state index contributed by atoms with van der Waals surface area (Å²) in [6.45, 7) is 4.40. The Morgan fingerprint density at radius 1 is 1.50 bits per heavy atom. The SMILES string of the molecule is Cc1cc(NC2CCC(C)C2)nn1C. The lowest BCUT2D eigenvalue weighted by Gasteiger charge is -2.10. The molecule has 1 heterocycles. The highest BCUT2D eigenvalue weighted by molar-refractivity contribution is 5.36. The summed E-state index contributed by atoms with van der Waals surface area (Å²) in [6, 6.07) is 2.75. The lowest BCUT2D eigenvalue weighted by atomic mass is 10.1. The molecule has 14 heavy (non-hydrogen) atoms. The van der Waals surface area contributed by atoms with E-state index in [2.05, 4.69) is 30.3 Å². The Hall–Kier alpha value is -0.990. The molecule has 3 heteroatoms. The van der Waals surface area contributed by atoms with Crippen molar-refractivity contribution in [1.29, 1.82) is 0 Å². The van der Waals surface area contributed by atoms with Crippen LogP contribution < -0.4 is 5.32 Å². The van der Waals surface area contributed by atoms with Crippen molar-refractivity contribution < 1.29 is 0 Å². The van der Waals surface area contributed by atoms with Crippen LogP contribution in [-0.2, 0) is 7.05 Å². The summed E-state index contributed by atoms with van der Waals surface area (Å²) in [5.41, 5.74) is 1.21. The zero-order valence-electron chi connectivity index (χ0n) is 9.25. The fourth-order valence-corrected chi connectivity index (χ4v) is 2.18. The summed E-state index contributed by atoms with van der Waals surface area (Å²) in [7, 11) is 1.98. The van der Waals surface area contributed by atoms with Gasteiger partial charge in [0.25, 0.3) is 0 Å². The van der Waals surface area contributed by atoms with E-state index in [1.165, 1.54) is 25.0 Å². The van der Waals surface area contributed by atoms with E-state index < -0.39 is 0 Å². The summed E-state index contributed by atoms with van der Waals surface area (Å²) in [5.74, 6) is 1.90. The maximum atomic E-state index is 4.40. The Morgan fingerprint density at radius 3 is 2.79 bits per heavy atom. The third-order valence-corrected chi connectivity index (χ3v) is 3.16. The maximum Gasteiger partial charge on any atom is 0.148 e. The molecule has 0 spiro atoms. The van der Waals surface area contributed by atoms with Gasteiger partial charge in [-0.2, -0.15) is 5.10 Å². The molecule has 2 unspecified atom stereocenters. The van der Waals surface area contributed by atoms with E-state index in [1.807, 2.05) is 11.7 Å². The van der Waals surface area contributed by atoms with Gasteiger partial charge in [-0.3, -0.25) is 4.68 Å². The number of anilines is 1. The van der Waals surface area contributed by atoms with E-state index in [0.29, 0.717) is 6.04 Å². The van der Waals surface area contributed by atoms with Gasteiger partial charge in [-0.15, -0.1) is 0 Å². The quantitative estimate of drug-likeness (QED) is 0.781. The van der Waals surface area contributed by atoms with Gasteiger partial charge in [0.1, 0.15) is 5.82 Å². The van der Waals surface area contributed by atoms with Gasteiger partial charge >= 0.3 is 0 Å². The largest absolute Gasteiger partial charge is 0.366 e. The van der Waals surface area contributed by atoms with Crippen LogP contribution in [0.15, 0.2) is 6.07 Å². The zero-order valence-corrected chi connectivity index (χ0v) is 9.25. The molecule has 0 amide bonds. The summed E-state index contributed by atoms with van der Waals surface area (Å²) in [4.78, 5) is 0. The van der Waals surface area contributed by atoms with Gasteiger partial charge in [-0.25, -0.2) is 0 Å². The van der Waals surface area contributed by atoms with E-state index >= 15 is 0 Å². The first-order chi connectivity index (χ1) is 6.65. The fourth-order valence-electron chi connectivity index (χ4n) is 2.18. The molecule has 2 rings (SSSR count). The van der Waals surface area contributed by atoms with Gasteiger partial charge in [0.05, 0.1) is 0 Å². The molecule has 1 aromatic heterocycles. The molecule has 2 atom stereocenters. The van der Waals surface area contributed by atoms with Gasteiger partial charge < -0.3 is 5.32 Å². The molecule has 0 saturated heterocycles. The number of hydrogen-bond donors (Lipinski definition) is 1. The van der Waals surface area contributed by atoms with Crippen molar-refractivity contribution in [2.24, 2.45) is 13.0 Å². The Bertz CT molecular complexity index is 297. The highest BCUT2D eigenvalue weighted by Crippen LogP contribution is 2.27. The molecule has 1 aromatic rings. The number of aryl methyl sites for hydroxylation is 2. The highest BCUT2D eigenvalue weighted by Gasteiger charge is 2.21. The third-order valence-electron chi connectivity index (χ3n) is 3.16. The molecule has 3 nitrogen and oxygen atoms in total. The Labute approximate surface area is 85.5 Å². The summed E-state index contributed by atoms with van der Waals surface area (Å²) < 4.78 is 1.92. The minimum Gasteiger partial charge on any atom is -0.366 e. The monoisotopic (exact) mass is 193 g/mol. The van der Waals surface area contributed by atoms with E-state index in [-0.39, 0.29) is 0 Å². The minimum absolute atomic E-state index is 0.638. The topological polar surface area (TPSA) is 29.9 Å². The summed E-state index contributed by atoms with van der Waals surface area (Å²) in [5, 5.41) is 7.91. The number of aromatic nitrogens is 2. The molecule has 0 bridgehead atoms. The van der Waals surface area contributed by atoms with Crippen LogP contribution in [0.25, 0.3) is 0 Å². The second-order valence-corrected chi connectivity index (χ2v) is 4.55. The van der Waals surface area contributed by atoms with Gasteiger partial charge in [0, 0.05) is 24.8 Å². The van der Waals surface area contributed by atoms with Crippen LogP contribution in [0.3, 0.4) is 0 Å². The van der Waals surface area contributed by atoms with E-state index in [9.17, 15) is 0 Å². The first-order valence-electron chi connectivity index (χ1n) is 5.42. The molecule has 0 aliphatic heterocycles. The number of rotatable bonds is 2. The predicted molar refractivity (Wildman–Crippen MR) is 58.4 cm³/mol. The summed E-state index contributed by atoms with van der Waals surface area (Å²) >= 11 is 0. The third kappa shape index (κ3) is 1.91. The van der Waals surface area contributed by atoms with Crippen LogP contribution in [0.5, 0.6) is 0 Å². The van der Waals surface area contributed by atoms with Gasteiger partial charge in [0.2, 0.25) is 0 Å². The molecule has 1 saturated carbocycles. The lowest BCUT2D eigenvalue weighted by Crippen LogP contribution is -2.15. The standard InChI is InChI=1S/C11H19N3/c1-8-4-5-10(6-8)12-11-7-9(2)14(3)13-11/h7-8,10H,4-6H2,1-3H3,(H,12,13). The van der Waals surface area contributed by atoms with E-state index in [0.717, 1.165) is 11.7 Å². The van der Waals surface area contributed by atoms with Crippen LogP contribution >= 0.6 is 0 Å². The molecular formula is C11H19N3. The Balaban J connectivity index is 1.97. The average molecular weight is 193 g/mol. The Kier molecular flexibility index (Phi) is 2.48. The molecule has 1 aliphatic rings. The van der Waals surface area contributed by atoms with Crippen molar-refractivity contribution in [1.82, 2.24) is 9.78 Å². The minimum atomic E-state index is 0.638. The van der Waals surface area contributed by atoms with Crippen molar-refractivity contribution in [2.75, 3.05) is 5.32 Å². The lowest BCUT2D eigenvalue weighted by molar-refractivity contribution is 0.602. The van der Waals surface area contributed by atoms with E-state index in [1.54, 1.807) is 0 Å². The van der Waals surface area contributed by atoms with Crippen molar-refractivity contribution in [3.63, 3.8) is 0 Å². The molecule has 0 radical (unpaired) electrons. The molecule has 0 aromatic carbocycles. The molecule has 1 fully saturated rings. The number of nitrogens with one attached hydrogen (secondary N) is 1. The van der Waals surface area contributed by atoms with Crippen molar-refractivity contribution in [3.8, 4) is 0 Å². The molecule has 1 N–H and O–H groups in total. The van der Waals surface area contributed by atoms with Crippen molar-refractivity contribution >= 4 is 5.82 Å².